The normalized spacial score (nSPS) is 14.4. The van der Waals surface area contributed by atoms with Crippen LogP contribution in [0.3, 0.4) is 0 Å². The van der Waals surface area contributed by atoms with E-state index in [1.54, 1.807) is 18.2 Å². The van der Waals surface area contributed by atoms with E-state index < -0.39 is 11.5 Å². The summed E-state index contributed by atoms with van der Waals surface area (Å²) in [6, 6.07) is 6.63. The van der Waals surface area contributed by atoms with E-state index in [0.717, 1.165) is 4.68 Å². The third-order valence-corrected chi connectivity index (χ3v) is 4.64. The second-order valence-electron chi connectivity index (χ2n) is 5.81. The van der Waals surface area contributed by atoms with Gasteiger partial charge in [-0.2, -0.15) is 5.10 Å². The molecule has 0 radical (unpaired) electrons. The zero-order valence-corrected chi connectivity index (χ0v) is 14.9. The largest absolute Gasteiger partial charge is 0.468 e. The SMILES string of the molecule is COC(=O)Cn1ncc(N2CCN(c3ccccc3F)CC2)c(Cl)c1=O. The molecule has 26 heavy (non-hydrogen) atoms. The van der Waals surface area contributed by atoms with Crippen molar-refractivity contribution in [3.8, 4) is 0 Å². The molecule has 0 aliphatic carbocycles. The Morgan fingerprint density at radius 1 is 1.19 bits per heavy atom. The number of carbonyl (C=O) groups excluding carboxylic acids is 1. The Labute approximate surface area is 154 Å². The summed E-state index contributed by atoms with van der Waals surface area (Å²) >= 11 is 6.20. The number of nitrogens with zero attached hydrogens (tertiary/aromatic N) is 4. The van der Waals surface area contributed by atoms with Crippen molar-refractivity contribution in [2.45, 2.75) is 6.54 Å². The van der Waals surface area contributed by atoms with Crippen LogP contribution in [0.15, 0.2) is 35.3 Å². The Hall–Kier alpha value is -2.61. The molecule has 0 atom stereocenters. The average Bonchev–Trinajstić information content (AvgIpc) is 2.66. The molecule has 0 amide bonds. The van der Waals surface area contributed by atoms with Gasteiger partial charge in [-0.25, -0.2) is 9.07 Å². The highest BCUT2D eigenvalue weighted by molar-refractivity contribution is 6.33. The average molecular weight is 381 g/mol. The molecule has 0 bridgehead atoms. The molecule has 3 rings (SSSR count). The van der Waals surface area contributed by atoms with Crippen LogP contribution in [0, 0.1) is 5.82 Å². The zero-order chi connectivity index (χ0) is 18.7. The number of halogens is 2. The topological polar surface area (TPSA) is 67.7 Å². The van der Waals surface area contributed by atoms with Crippen molar-refractivity contribution in [2.75, 3.05) is 43.1 Å². The standard InChI is InChI=1S/C17H18ClFN4O3/c1-26-15(24)11-23-17(25)16(18)14(10-20-23)22-8-6-21(7-9-22)13-5-3-2-4-12(13)19/h2-5,10H,6-9,11H2,1H3. The predicted octanol–water partition coefficient (Wildman–Crippen LogP) is 1.54. The number of benzene rings is 1. The van der Waals surface area contributed by atoms with Crippen LogP contribution in [-0.2, 0) is 16.1 Å². The van der Waals surface area contributed by atoms with Crippen molar-refractivity contribution in [3.63, 3.8) is 0 Å². The lowest BCUT2D eigenvalue weighted by molar-refractivity contribution is -0.141. The molecule has 9 heteroatoms. The first-order valence-electron chi connectivity index (χ1n) is 8.08. The van der Waals surface area contributed by atoms with E-state index in [-0.39, 0.29) is 17.4 Å². The molecule has 7 nitrogen and oxygen atoms in total. The van der Waals surface area contributed by atoms with Crippen LogP contribution in [0.25, 0.3) is 0 Å². The van der Waals surface area contributed by atoms with Crippen LogP contribution in [0.5, 0.6) is 0 Å². The van der Waals surface area contributed by atoms with Crippen LogP contribution in [0.2, 0.25) is 5.02 Å². The highest BCUT2D eigenvalue weighted by Crippen LogP contribution is 2.25. The van der Waals surface area contributed by atoms with Crippen LogP contribution in [0.1, 0.15) is 0 Å². The predicted molar refractivity (Wildman–Crippen MR) is 96.3 cm³/mol. The summed E-state index contributed by atoms with van der Waals surface area (Å²) in [5.41, 5.74) is 0.516. The minimum atomic E-state index is -0.582. The summed E-state index contributed by atoms with van der Waals surface area (Å²) < 4.78 is 19.4. The number of methoxy groups -OCH3 is 1. The van der Waals surface area contributed by atoms with E-state index in [0.29, 0.717) is 37.6 Å². The molecule has 0 unspecified atom stereocenters. The molecule has 1 fully saturated rings. The molecular weight excluding hydrogens is 363 g/mol. The number of anilines is 2. The highest BCUT2D eigenvalue weighted by atomic mass is 35.5. The van der Waals surface area contributed by atoms with Gasteiger partial charge in [0, 0.05) is 26.2 Å². The smallest absolute Gasteiger partial charge is 0.327 e. The molecule has 2 heterocycles. The first-order chi connectivity index (χ1) is 12.5. The van der Waals surface area contributed by atoms with Crippen LogP contribution < -0.4 is 15.4 Å². The molecule has 1 aromatic heterocycles. The van der Waals surface area contributed by atoms with Gasteiger partial charge in [-0.1, -0.05) is 23.7 Å². The van der Waals surface area contributed by atoms with E-state index >= 15 is 0 Å². The number of hydrogen-bond acceptors (Lipinski definition) is 6. The minimum absolute atomic E-state index is 0.00300. The van der Waals surface area contributed by atoms with Gasteiger partial charge >= 0.3 is 5.97 Å². The Kier molecular flexibility index (Phi) is 5.41. The molecule has 1 saturated heterocycles. The van der Waals surface area contributed by atoms with Crippen molar-refractivity contribution in [3.05, 3.63) is 51.7 Å². The fraction of sp³-hybridized carbons (Fsp3) is 0.353. The molecular formula is C17H18ClFN4O3. The van der Waals surface area contributed by atoms with Gasteiger partial charge in [0.05, 0.1) is 24.7 Å². The third kappa shape index (κ3) is 3.65. The van der Waals surface area contributed by atoms with Gasteiger partial charge in [-0.3, -0.25) is 9.59 Å². The molecule has 1 aliphatic heterocycles. The van der Waals surface area contributed by atoms with Crippen molar-refractivity contribution >= 4 is 28.9 Å². The number of rotatable bonds is 4. The monoisotopic (exact) mass is 380 g/mol. The fourth-order valence-corrected chi connectivity index (χ4v) is 3.14. The summed E-state index contributed by atoms with van der Waals surface area (Å²) in [7, 11) is 1.23. The molecule has 2 aromatic rings. The van der Waals surface area contributed by atoms with Gasteiger partial charge < -0.3 is 14.5 Å². The number of esters is 1. The Morgan fingerprint density at radius 3 is 2.42 bits per heavy atom. The minimum Gasteiger partial charge on any atom is -0.468 e. The van der Waals surface area contributed by atoms with E-state index in [1.165, 1.54) is 19.4 Å². The van der Waals surface area contributed by atoms with E-state index in [9.17, 15) is 14.0 Å². The molecule has 1 aliphatic rings. The fourth-order valence-electron chi connectivity index (χ4n) is 2.87. The second kappa shape index (κ2) is 7.74. The second-order valence-corrected chi connectivity index (χ2v) is 6.19. The number of hydrogen-bond donors (Lipinski definition) is 0. The van der Waals surface area contributed by atoms with E-state index in [1.807, 2.05) is 9.80 Å². The number of carbonyl (C=O) groups is 1. The summed E-state index contributed by atoms with van der Waals surface area (Å²) in [5, 5.41) is 4.00. The van der Waals surface area contributed by atoms with Gasteiger partial charge in [-0.05, 0) is 12.1 Å². The first-order valence-corrected chi connectivity index (χ1v) is 8.46. The Balaban J connectivity index is 1.73. The first kappa shape index (κ1) is 18.2. The number of para-hydroxylation sites is 1. The van der Waals surface area contributed by atoms with Gasteiger partial charge in [0.2, 0.25) is 0 Å². The summed E-state index contributed by atoms with van der Waals surface area (Å²) in [5.74, 6) is -0.840. The van der Waals surface area contributed by atoms with Gasteiger partial charge in [0.25, 0.3) is 5.56 Å². The lowest BCUT2D eigenvalue weighted by Gasteiger charge is -2.37. The van der Waals surface area contributed by atoms with Crippen molar-refractivity contribution in [1.29, 1.82) is 0 Å². The molecule has 0 spiro atoms. The Morgan fingerprint density at radius 2 is 1.81 bits per heavy atom. The van der Waals surface area contributed by atoms with E-state index in [4.69, 9.17) is 11.6 Å². The number of aromatic nitrogens is 2. The van der Waals surface area contributed by atoms with Crippen LogP contribution in [-0.4, -0.2) is 49.0 Å². The van der Waals surface area contributed by atoms with Gasteiger partial charge in [0.15, 0.2) is 0 Å². The third-order valence-electron chi connectivity index (χ3n) is 4.29. The maximum atomic E-state index is 13.9. The van der Waals surface area contributed by atoms with E-state index in [2.05, 4.69) is 9.84 Å². The van der Waals surface area contributed by atoms with Gasteiger partial charge in [-0.15, -0.1) is 0 Å². The summed E-state index contributed by atoms with van der Waals surface area (Å²) in [6.07, 6.45) is 1.46. The molecule has 0 N–H and O–H groups in total. The maximum Gasteiger partial charge on any atom is 0.327 e. The molecule has 138 valence electrons. The lowest BCUT2D eigenvalue weighted by atomic mass is 10.2. The summed E-state index contributed by atoms with van der Waals surface area (Å²) in [4.78, 5) is 27.5. The summed E-state index contributed by atoms with van der Waals surface area (Å²) in [6.45, 7) is 2.01. The number of ether oxygens (including phenoxy) is 1. The van der Waals surface area contributed by atoms with Crippen LogP contribution in [0.4, 0.5) is 15.8 Å². The zero-order valence-electron chi connectivity index (χ0n) is 14.2. The number of piperazine rings is 1. The van der Waals surface area contributed by atoms with Crippen molar-refractivity contribution < 1.29 is 13.9 Å². The molecule has 0 saturated carbocycles. The molecule has 1 aromatic carbocycles. The van der Waals surface area contributed by atoms with Gasteiger partial charge in [0.1, 0.15) is 17.4 Å². The lowest BCUT2D eigenvalue weighted by Crippen LogP contribution is -2.47. The van der Waals surface area contributed by atoms with Crippen LogP contribution >= 0.6 is 11.6 Å². The maximum absolute atomic E-state index is 13.9. The Bertz CT molecular complexity index is 865. The van der Waals surface area contributed by atoms with Crippen molar-refractivity contribution in [2.24, 2.45) is 0 Å². The van der Waals surface area contributed by atoms with Crippen molar-refractivity contribution in [1.82, 2.24) is 9.78 Å². The quantitative estimate of drug-likeness (QED) is 0.749. The highest BCUT2D eigenvalue weighted by Gasteiger charge is 2.23.